The van der Waals surface area contributed by atoms with Gasteiger partial charge in [0.05, 0.1) is 0 Å². The molecule has 0 heterocycles. The maximum Gasteiger partial charge on any atom is 0.220 e. The van der Waals surface area contributed by atoms with Gasteiger partial charge in [0.25, 0.3) is 0 Å². The monoisotopic (exact) mass is 228 g/mol. The van der Waals surface area contributed by atoms with Gasteiger partial charge in [-0.05, 0) is 31.2 Å². The molecule has 0 spiro atoms. The molecule has 0 radical (unpaired) electrons. The van der Waals surface area contributed by atoms with Crippen LogP contribution in [0.1, 0.15) is 52.9 Å². The summed E-state index contributed by atoms with van der Waals surface area (Å²) < 4.78 is 0. The van der Waals surface area contributed by atoms with Crippen LogP contribution < -0.4 is 11.1 Å². The fraction of sp³-hybridized carbons (Fsp3) is 0.923. The van der Waals surface area contributed by atoms with Crippen LogP contribution in [0, 0.1) is 11.8 Å². The number of hydrogen-bond donors (Lipinski definition) is 2. The molecule has 0 aliphatic rings. The summed E-state index contributed by atoms with van der Waals surface area (Å²) in [4.78, 5) is 11.5. The Balaban J connectivity index is 3.38. The first-order chi connectivity index (χ1) is 7.57. The van der Waals surface area contributed by atoms with E-state index in [0.29, 0.717) is 18.3 Å². The lowest BCUT2D eigenvalue weighted by molar-refractivity contribution is -0.121. The molecule has 0 aromatic carbocycles. The van der Waals surface area contributed by atoms with Gasteiger partial charge >= 0.3 is 0 Å². The molecular weight excluding hydrogens is 200 g/mol. The van der Waals surface area contributed by atoms with Crippen molar-refractivity contribution < 1.29 is 4.79 Å². The third kappa shape index (κ3) is 8.72. The molecule has 0 aliphatic heterocycles. The average Bonchev–Trinajstić information content (AvgIpc) is 2.25. The van der Waals surface area contributed by atoms with Crippen LogP contribution >= 0.6 is 0 Å². The van der Waals surface area contributed by atoms with Gasteiger partial charge in [0.2, 0.25) is 5.91 Å². The first-order valence-electron chi connectivity index (χ1n) is 6.54. The van der Waals surface area contributed by atoms with E-state index in [1.807, 2.05) is 0 Å². The number of carbonyl (C=O) groups is 1. The molecule has 96 valence electrons. The maximum absolute atomic E-state index is 11.5. The van der Waals surface area contributed by atoms with Crippen molar-refractivity contribution in [1.29, 1.82) is 0 Å². The molecule has 3 N–H and O–H groups in total. The van der Waals surface area contributed by atoms with Gasteiger partial charge in [-0.25, -0.2) is 0 Å². The third-order valence-corrected chi connectivity index (χ3v) is 3.12. The lowest BCUT2D eigenvalue weighted by atomic mass is 9.98. The van der Waals surface area contributed by atoms with E-state index >= 15 is 0 Å². The number of carbonyl (C=O) groups excluding carboxylic acids is 1. The van der Waals surface area contributed by atoms with Gasteiger partial charge in [0, 0.05) is 13.0 Å². The quantitative estimate of drug-likeness (QED) is 0.595. The van der Waals surface area contributed by atoms with Crippen LogP contribution in [-0.4, -0.2) is 19.0 Å². The van der Waals surface area contributed by atoms with Crippen molar-refractivity contribution in [3.05, 3.63) is 0 Å². The Morgan fingerprint density at radius 1 is 1.12 bits per heavy atom. The number of nitrogens with two attached hydrogens (primary N) is 1. The second-order valence-corrected chi connectivity index (χ2v) is 4.98. The highest BCUT2D eigenvalue weighted by atomic mass is 16.1. The minimum Gasteiger partial charge on any atom is -0.356 e. The number of rotatable bonds is 9. The molecule has 1 unspecified atom stereocenters. The van der Waals surface area contributed by atoms with Crippen LogP contribution in [0.25, 0.3) is 0 Å². The summed E-state index contributed by atoms with van der Waals surface area (Å²) >= 11 is 0. The van der Waals surface area contributed by atoms with Crippen LogP contribution in [0.15, 0.2) is 0 Å². The molecule has 0 rings (SSSR count). The second kappa shape index (κ2) is 9.64. The van der Waals surface area contributed by atoms with E-state index in [1.165, 1.54) is 0 Å². The minimum absolute atomic E-state index is 0.195. The molecule has 16 heavy (non-hydrogen) atoms. The van der Waals surface area contributed by atoms with E-state index in [1.54, 1.807) is 0 Å². The highest BCUT2D eigenvalue weighted by Gasteiger charge is 2.08. The normalized spacial score (nSPS) is 12.8. The van der Waals surface area contributed by atoms with Gasteiger partial charge in [-0.3, -0.25) is 4.79 Å². The van der Waals surface area contributed by atoms with Gasteiger partial charge in [0.15, 0.2) is 0 Å². The lowest BCUT2D eigenvalue weighted by Gasteiger charge is -2.15. The Labute approximate surface area is 100 Å². The molecule has 0 aromatic rings. The summed E-state index contributed by atoms with van der Waals surface area (Å²) in [5.74, 6) is 1.38. The smallest absolute Gasteiger partial charge is 0.220 e. The van der Waals surface area contributed by atoms with Crippen molar-refractivity contribution in [1.82, 2.24) is 5.32 Å². The van der Waals surface area contributed by atoms with E-state index in [2.05, 4.69) is 26.1 Å². The lowest BCUT2D eigenvalue weighted by Crippen LogP contribution is -2.29. The van der Waals surface area contributed by atoms with E-state index in [4.69, 9.17) is 5.73 Å². The Kier molecular flexibility index (Phi) is 9.30. The SMILES string of the molecule is CC(C)C(C)CNC(=O)CCCCCCN. The fourth-order valence-electron chi connectivity index (χ4n) is 1.38. The van der Waals surface area contributed by atoms with Crippen molar-refractivity contribution >= 4 is 5.91 Å². The molecule has 3 nitrogen and oxygen atoms in total. The second-order valence-electron chi connectivity index (χ2n) is 4.98. The van der Waals surface area contributed by atoms with Crippen molar-refractivity contribution in [3.63, 3.8) is 0 Å². The molecule has 0 aromatic heterocycles. The predicted molar refractivity (Wildman–Crippen MR) is 69.2 cm³/mol. The summed E-state index contributed by atoms with van der Waals surface area (Å²) in [5.41, 5.74) is 5.40. The van der Waals surface area contributed by atoms with Crippen molar-refractivity contribution in [3.8, 4) is 0 Å². The topological polar surface area (TPSA) is 55.1 Å². The zero-order valence-corrected chi connectivity index (χ0v) is 11.1. The molecule has 1 atom stereocenters. The Bertz CT molecular complexity index is 181. The molecule has 0 saturated carbocycles. The Morgan fingerprint density at radius 3 is 2.31 bits per heavy atom. The van der Waals surface area contributed by atoms with Crippen molar-refractivity contribution in [2.45, 2.75) is 52.9 Å². The van der Waals surface area contributed by atoms with Crippen LogP contribution in [-0.2, 0) is 4.79 Å². The van der Waals surface area contributed by atoms with Crippen LogP contribution in [0.2, 0.25) is 0 Å². The zero-order valence-electron chi connectivity index (χ0n) is 11.1. The van der Waals surface area contributed by atoms with E-state index in [-0.39, 0.29) is 5.91 Å². The standard InChI is InChI=1S/C13H28N2O/c1-11(2)12(3)10-15-13(16)8-6-4-5-7-9-14/h11-12H,4-10,14H2,1-3H3,(H,15,16). The van der Waals surface area contributed by atoms with E-state index in [9.17, 15) is 4.79 Å². The molecule has 0 bridgehead atoms. The Morgan fingerprint density at radius 2 is 1.75 bits per heavy atom. The van der Waals surface area contributed by atoms with Crippen LogP contribution in [0.4, 0.5) is 0 Å². The van der Waals surface area contributed by atoms with Crippen LogP contribution in [0.3, 0.4) is 0 Å². The molecule has 0 saturated heterocycles. The number of amides is 1. The van der Waals surface area contributed by atoms with E-state index < -0.39 is 0 Å². The summed E-state index contributed by atoms with van der Waals surface area (Å²) in [6.07, 6.45) is 4.99. The third-order valence-electron chi connectivity index (χ3n) is 3.12. The van der Waals surface area contributed by atoms with Gasteiger partial charge < -0.3 is 11.1 Å². The highest BCUT2D eigenvalue weighted by Crippen LogP contribution is 2.08. The van der Waals surface area contributed by atoms with Crippen molar-refractivity contribution in [2.75, 3.05) is 13.1 Å². The van der Waals surface area contributed by atoms with Gasteiger partial charge in [-0.1, -0.05) is 33.6 Å². The molecule has 0 fully saturated rings. The summed E-state index contributed by atoms with van der Waals surface area (Å²) in [6.45, 7) is 8.11. The first kappa shape index (κ1) is 15.4. The zero-order chi connectivity index (χ0) is 12.4. The molecule has 1 amide bonds. The van der Waals surface area contributed by atoms with Gasteiger partial charge in [-0.2, -0.15) is 0 Å². The van der Waals surface area contributed by atoms with Crippen molar-refractivity contribution in [2.24, 2.45) is 17.6 Å². The summed E-state index contributed by atoms with van der Waals surface area (Å²) in [5, 5.41) is 2.99. The molecule has 0 aliphatic carbocycles. The number of hydrogen-bond acceptors (Lipinski definition) is 2. The minimum atomic E-state index is 0.195. The number of nitrogens with one attached hydrogen (secondary N) is 1. The van der Waals surface area contributed by atoms with E-state index in [0.717, 1.165) is 38.8 Å². The first-order valence-corrected chi connectivity index (χ1v) is 6.54. The Hall–Kier alpha value is -0.570. The van der Waals surface area contributed by atoms with Gasteiger partial charge in [-0.15, -0.1) is 0 Å². The fourth-order valence-corrected chi connectivity index (χ4v) is 1.38. The largest absolute Gasteiger partial charge is 0.356 e. The molecule has 3 heteroatoms. The van der Waals surface area contributed by atoms with Crippen LogP contribution in [0.5, 0.6) is 0 Å². The summed E-state index contributed by atoms with van der Waals surface area (Å²) in [7, 11) is 0. The van der Waals surface area contributed by atoms with Gasteiger partial charge in [0.1, 0.15) is 0 Å². The highest BCUT2D eigenvalue weighted by molar-refractivity contribution is 5.75. The summed E-state index contributed by atoms with van der Waals surface area (Å²) in [6, 6.07) is 0. The average molecular weight is 228 g/mol. The molecular formula is C13H28N2O. The predicted octanol–water partition coefficient (Wildman–Crippen LogP) is 2.30. The maximum atomic E-state index is 11.5. The number of unbranched alkanes of at least 4 members (excludes halogenated alkanes) is 3.